The second-order valence-corrected chi connectivity index (χ2v) is 19.7. The van der Waals surface area contributed by atoms with E-state index in [4.69, 9.17) is 30.6 Å². The van der Waals surface area contributed by atoms with Crippen LogP contribution in [0, 0.1) is 11.8 Å². The Kier molecular flexibility index (Phi) is 12.4. The standard InChI is InChI=1S/C47H54ClN3O8S/c1-31(60(54,55)51(26-32-7-15-39(56-2)16-8-32)27-33-9-17-40(57-3)18-10-33)6-14-38-25-45(59-49-38)41-19-11-36(41)28-50-29-47(22-4-5-34-23-37(48)13-20-42(34)47)30-58-44-21-12-35(46(52)53)24-43(44)50/h7-10,12-13,15-18,20-21,23-24,31,36,41,45H,4-6,11,14,19,22,25-30H2,1-3H3,(H,52,53)/t31?,36-,41+,45+,47?/m0/s1. The molecule has 1 spiro atoms. The molecule has 0 aromatic heterocycles. The van der Waals surface area contributed by atoms with Gasteiger partial charge in [-0.25, -0.2) is 13.2 Å². The van der Waals surface area contributed by atoms with Gasteiger partial charge in [-0.3, -0.25) is 0 Å². The van der Waals surface area contributed by atoms with Gasteiger partial charge in [0.05, 0.1) is 43.0 Å². The molecule has 0 radical (unpaired) electrons. The van der Waals surface area contributed by atoms with Gasteiger partial charge in [0.15, 0.2) is 0 Å². The van der Waals surface area contributed by atoms with Crippen molar-refractivity contribution in [2.75, 3.05) is 38.8 Å². The number of halogens is 1. The molecule has 4 aliphatic rings. The van der Waals surface area contributed by atoms with Crippen molar-refractivity contribution >= 4 is 39.0 Å². The highest BCUT2D eigenvalue weighted by Gasteiger charge is 2.46. The predicted molar refractivity (Wildman–Crippen MR) is 233 cm³/mol. The third-order valence-electron chi connectivity index (χ3n) is 13.2. The monoisotopic (exact) mass is 855 g/mol. The molecule has 2 heterocycles. The number of rotatable bonds is 15. The molecule has 13 heteroatoms. The molecule has 11 nitrogen and oxygen atoms in total. The molecular formula is C47H54ClN3O8S. The van der Waals surface area contributed by atoms with E-state index < -0.39 is 21.2 Å². The maximum Gasteiger partial charge on any atom is 0.335 e. The first-order valence-corrected chi connectivity index (χ1v) is 22.8. The summed E-state index contributed by atoms with van der Waals surface area (Å²) in [6.07, 6.45) is 6.49. The Labute approximate surface area is 358 Å². The van der Waals surface area contributed by atoms with Crippen molar-refractivity contribution in [3.63, 3.8) is 0 Å². The topological polar surface area (TPSA) is 127 Å². The zero-order chi connectivity index (χ0) is 42.0. The first-order chi connectivity index (χ1) is 28.9. The minimum atomic E-state index is -3.72. The van der Waals surface area contributed by atoms with Crippen LogP contribution in [0.2, 0.25) is 5.02 Å². The van der Waals surface area contributed by atoms with Gasteiger partial charge in [0, 0.05) is 49.0 Å². The molecule has 4 aromatic carbocycles. The molecule has 1 N–H and O–H groups in total. The van der Waals surface area contributed by atoms with Crippen LogP contribution in [0.3, 0.4) is 0 Å². The number of carboxylic acids is 1. The van der Waals surface area contributed by atoms with Crippen molar-refractivity contribution in [3.05, 3.63) is 118 Å². The average molecular weight is 856 g/mol. The SMILES string of the molecule is COc1ccc(CN(Cc2ccc(OC)cc2)S(=O)(=O)C(C)CCC2=NO[C@@H]([C@@H]3CC[C@H]3CN3CC4(CCCc5cc(Cl)ccc54)COc4ccc(C(=O)O)cc43)C2)cc1. The molecule has 2 unspecified atom stereocenters. The number of aryl methyl sites for hydroxylation is 1. The molecule has 0 bridgehead atoms. The highest BCUT2D eigenvalue weighted by Crippen LogP contribution is 2.47. The Hall–Kier alpha value is -4.78. The Morgan fingerprint density at radius 2 is 1.68 bits per heavy atom. The molecule has 8 rings (SSSR count). The van der Waals surface area contributed by atoms with Crippen LogP contribution in [0.15, 0.2) is 90.1 Å². The van der Waals surface area contributed by atoms with Crippen molar-refractivity contribution in [1.82, 2.24) is 4.31 Å². The van der Waals surface area contributed by atoms with Crippen molar-refractivity contribution in [2.45, 2.75) is 88.1 Å². The van der Waals surface area contributed by atoms with Gasteiger partial charge in [0.1, 0.15) is 23.4 Å². The minimum absolute atomic E-state index is 0.0909. The van der Waals surface area contributed by atoms with Crippen molar-refractivity contribution in [3.8, 4) is 17.2 Å². The summed E-state index contributed by atoms with van der Waals surface area (Å²) < 4.78 is 47.3. The number of hydrogen-bond donors (Lipinski definition) is 1. The number of benzene rings is 4. The molecule has 5 atom stereocenters. The van der Waals surface area contributed by atoms with Gasteiger partial charge in [-0.15, -0.1) is 0 Å². The van der Waals surface area contributed by atoms with Gasteiger partial charge in [-0.2, -0.15) is 4.31 Å². The normalized spacial score (nSPS) is 22.7. The molecular weight excluding hydrogens is 802 g/mol. The molecule has 0 amide bonds. The molecule has 1 fully saturated rings. The maximum atomic E-state index is 14.3. The van der Waals surface area contributed by atoms with Crippen LogP contribution in [0.25, 0.3) is 0 Å². The lowest BCUT2D eigenvalue weighted by Crippen LogP contribution is -2.49. The summed E-state index contributed by atoms with van der Waals surface area (Å²) in [5.74, 6) is 1.73. The van der Waals surface area contributed by atoms with Gasteiger partial charge >= 0.3 is 5.97 Å². The van der Waals surface area contributed by atoms with E-state index in [9.17, 15) is 18.3 Å². The van der Waals surface area contributed by atoms with Crippen LogP contribution in [0.1, 0.15) is 84.5 Å². The Morgan fingerprint density at radius 3 is 2.32 bits per heavy atom. The van der Waals surface area contributed by atoms with Gasteiger partial charge in [0.25, 0.3) is 0 Å². The van der Waals surface area contributed by atoms with Crippen molar-refractivity contribution < 1.29 is 37.4 Å². The zero-order valence-electron chi connectivity index (χ0n) is 34.5. The van der Waals surface area contributed by atoms with Crippen LogP contribution >= 0.6 is 11.6 Å². The number of fused-ring (bicyclic) bond motifs is 3. The number of sulfonamides is 1. The fourth-order valence-electron chi connectivity index (χ4n) is 9.55. The minimum Gasteiger partial charge on any atom is -0.497 e. The van der Waals surface area contributed by atoms with E-state index in [2.05, 4.69) is 22.2 Å². The number of oxime groups is 1. The van der Waals surface area contributed by atoms with E-state index in [1.54, 1.807) is 43.6 Å². The fourth-order valence-corrected chi connectivity index (χ4v) is 11.3. The second kappa shape index (κ2) is 17.7. The fraction of sp³-hybridized carbons (Fsp3) is 0.447. The van der Waals surface area contributed by atoms with E-state index in [1.165, 1.54) is 11.1 Å². The summed E-state index contributed by atoms with van der Waals surface area (Å²) in [5.41, 5.74) is 5.92. The van der Waals surface area contributed by atoms with Crippen LogP contribution in [0.5, 0.6) is 17.2 Å². The maximum absolute atomic E-state index is 14.3. The predicted octanol–water partition coefficient (Wildman–Crippen LogP) is 8.90. The van der Waals surface area contributed by atoms with E-state index in [0.717, 1.165) is 66.2 Å². The molecule has 318 valence electrons. The van der Waals surface area contributed by atoms with Crippen molar-refractivity contribution in [2.24, 2.45) is 17.0 Å². The largest absolute Gasteiger partial charge is 0.497 e. The Morgan fingerprint density at radius 1 is 0.983 bits per heavy atom. The van der Waals surface area contributed by atoms with Gasteiger partial charge in [-0.1, -0.05) is 47.1 Å². The number of carbonyl (C=O) groups is 1. The number of carboxylic acid groups (broad SMARTS) is 1. The summed E-state index contributed by atoms with van der Waals surface area (Å²) in [4.78, 5) is 20.6. The second-order valence-electron chi connectivity index (χ2n) is 17.0. The van der Waals surface area contributed by atoms with Gasteiger partial charge in [-0.05, 0) is 135 Å². The lowest BCUT2D eigenvalue weighted by atomic mass is 9.68. The van der Waals surface area contributed by atoms with Crippen LogP contribution in [-0.2, 0) is 39.8 Å². The van der Waals surface area contributed by atoms with E-state index in [-0.39, 0.29) is 36.1 Å². The van der Waals surface area contributed by atoms with Crippen LogP contribution in [-0.4, -0.2) is 74.8 Å². The highest BCUT2D eigenvalue weighted by molar-refractivity contribution is 7.89. The third-order valence-corrected chi connectivity index (χ3v) is 15.7. The lowest BCUT2D eigenvalue weighted by Gasteiger charge is -2.45. The molecule has 1 saturated carbocycles. The number of ether oxygens (including phenoxy) is 3. The van der Waals surface area contributed by atoms with E-state index >= 15 is 0 Å². The van der Waals surface area contributed by atoms with E-state index in [1.807, 2.05) is 54.6 Å². The summed E-state index contributed by atoms with van der Waals surface area (Å²) in [6, 6.07) is 26.3. The van der Waals surface area contributed by atoms with Crippen LogP contribution < -0.4 is 19.1 Å². The summed E-state index contributed by atoms with van der Waals surface area (Å²) in [6.45, 7) is 4.18. The molecule has 60 heavy (non-hydrogen) atoms. The number of aromatic carboxylic acids is 1. The average Bonchev–Trinajstić information content (AvgIpc) is 3.64. The lowest BCUT2D eigenvalue weighted by molar-refractivity contribution is -0.0213. The number of anilines is 1. The summed E-state index contributed by atoms with van der Waals surface area (Å²) in [7, 11) is -0.505. The van der Waals surface area contributed by atoms with Crippen LogP contribution in [0.4, 0.5) is 5.69 Å². The molecule has 0 saturated heterocycles. The van der Waals surface area contributed by atoms with E-state index in [0.29, 0.717) is 55.6 Å². The van der Waals surface area contributed by atoms with Gasteiger partial charge < -0.3 is 29.1 Å². The zero-order valence-corrected chi connectivity index (χ0v) is 36.1. The smallest absolute Gasteiger partial charge is 0.335 e. The summed E-state index contributed by atoms with van der Waals surface area (Å²) in [5, 5.41) is 14.6. The highest BCUT2D eigenvalue weighted by atomic mass is 35.5. The number of hydrogen-bond acceptors (Lipinski definition) is 9. The summed E-state index contributed by atoms with van der Waals surface area (Å²) >= 11 is 6.45. The number of nitrogens with zero attached hydrogens (tertiary/aromatic N) is 3. The molecule has 2 aliphatic heterocycles. The Bertz CT molecular complexity index is 2270. The first kappa shape index (κ1) is 41.9. The Balaban J connectivity index is 0.934. The first-order valence-electron chi connectivity index (χ1n) is 20.9. The number of methoxy groups -OCH3 is 2. The molecule has 2 aliphatic carbocycles. The quantitative estimate of drug-likeness (QED) is 0.125. The van der Waals surface area contributed by atoms with Crippen molar-refractivity contribution in [1.29, 1.82) is 0 Å². The molecule has 4 aromatic rings. The van der Waals surface area contributed by atoms with Gasteiger partial charge in [0.2, 0.25) is 10.0 Å². The third kappa shape index (κ3) is 8.83.